The van der Waals surface area contributed by atoms with Gasteiger partial charge in [-0.2, -0.15) is 0 Å². The third-order valence-electron chi connectivity index (χ3n) is 3.53. The number of nitrogens with one attached hydrogen (secondary N) is 1. The second-order valence-electron chi connectivity index (χ2n) is 5.21. The highest BCUT2D eigenvalue weighted by molar-refractivity contribution is 5.30. The number of aromatic nitrogens is 1. The minimum absolute atomic E-state index is 0.380. The van der Waals surface area contributed by atoms with Crippen LogP contribution in [-0.4, -0.2) is 24.2 Å². The van der Waals surface area contributed by atoms with Gasteiger partial charge in [0.15, 0.2) is 0 Å². The van der Waals surface area contributed by atoms with Crippen LogP contribution in [0.15, 0.2) is 12.1 Å². The van der Waals surface area contributed by atoms with Crippen molar-refractivity contribution in [2.45, 2.75) is 44.6 Å². The number of piperidine rings is 1. The first-order chi connectivity index (χ1) is 8.31. The van der Waals surface area contributed by atoms with Crippen molar-refractivity contribution >= 4 is 0 Å². The van der Waals surface area contributed by atoms with Gasteiger partial charge >= 0.3 is 0 Å². The van der Waals surface area contributed by atoms with Crippen molar-refractivity contribution in [1.29, 1.82) is 0 Å². The van der Waals surface area contributed by atoms with Crippen molar-refractivity contribution in [3.8, 4) is 5.75 Å². The summed E-state index contributed by atoms with van der Waals surface area (Å²) in [5, 5.41) is 3.36. The maximum atomic E-state index is 6.07. The van der Waals surface area contributed by atoms with Crippen LogP contribution in [0, 0.1) is 6.92 Å². The highest BCUT2D eigenvalue weighted by Crippen LogP contribution is 2.40. The van der Waals surface area contributed by atoms with Crippen LogP contribution < -0.4 is 10.1 Å². The average molecular weight is 232 g/mol. The molecule has 1 aliphatic carbocycles. The van der Waals surface area contributed by atoms with Gasteiger partial charge in [0.05, 0.1) is 0 Å². The number of nitrogens with zero attached hydrogens (tertiary/aromatic N) is 1. The fourth-order valence-corrected chi connectivity index (χ4v) is 2.42. The van der Waals surface area contributed by atoms with E-state index in [2.05, 4.69) is 29.4 Å². The van der Waals surface area contributed by atoms with Crippen LogP contribution in [0.1, 0.15) is 43.0 Å². The first kappa shape index (κ1) is 11.0. The Morgan fingerprint density at radius 3 is 2.65 bits per heavy atom. The summed E-state index contributed by atoms with van der Waals surface area (Å²) in [6.45, 7) is 4.20. The predicted octanol–water partition coefficient (Wildman–Crippen LogP) is 2.40. The lowest BCUT2D eigenvalue weighted by molar-refractivity contribution is 0.162. The van der Waals surface area contributed by atoms with Crippen LogP contribution in [0.4, 0.5) is 0 Å². The molecule has 92 valence electrons. The van der Waals surface area contributed by atoms with Gasteiger partial charge in [0.25, 0.3) is 0 Å². The molecule has 1 aromatic rings. The molecule has 0 amide bonds. The second kappa shape index (κ2) is 4.65. The van der Waals surface area contributed by atoms with Crippen LogP contribution in [0.2, 0.25) is 0 Å². The Balaban J connectivity index is 1.72. The molecule has 1 saturated carbocycles. The molecule has 2 fully saturated rings. The Kier molecular flexibility index (Phi) is 3.02. The molecule has 0 bridgehead atoms. The van der Waals surface area contributed by atoms with Gasteiger partial charge in [0.2, 0.25) is 0 Å². The molecule has 1 aliphatic heterocycles. The van der Waals surface area contributed by atoms with Crippen molar-refractivity contribution in [2.75, 3.05) is 13.1 Å². The first-order valence-electron chi connectivity index (χ1n) is 6.67. The number of rotatable bonds is 3. The Hall–Kier alpha value is -1.09. The van der Waals surface area contributed by atoms with Crippen LogP contribution >= 0.6 is 0 Å². The summed E-state index contributed by atoms with van der Waals surface area (Å²) in [6, 6.07) is 4.21. The summed E-state index contributed by atoms with van der Waals surface area (Å²) in [5.74, 6) is 1.72. The number of aryl methyl sites for hydroxylation is 1. The van der Waals surface area contributed by atoms with E-state index in [0.717, 1.165) is 37.4 Å². The van der Waals surface area contributed by atoms with E-state index in [1.54, 1.807) is 0 Å². The van der Waals surface area contributed by atoms with Gasteiger partial charge in [0.1, 0.15) is 11.9 Å². The SMILES string of the molecule is Cc1cc(OC2CCNCC2)cc(C2CC2)n1. The normalized spacial score (nSPS) is 21.5. The quantitative estimate of drug-likeness (QED) is 0.869. The van der Waals surface area contributed by atoms with E-state index in [1.165, 1.54) is 18.5 Å². The van der Waals surface area contributed by atoms with E-state index in [4.69, 9.17) is 4.74 Å². The number of pyridine rings is 1. The zero-order valence-electron chi connectivity index (χ0n) is 10.4. The monoisotopic (exact) mass is 232 g/mol. The fraction of sp³-hybridized carbons (Fsp3) is 0.643. The first-order valence-corrected chi connectivity index (χ1v) is 6.67. The minimum atomic E-state index is 0.380. The standard InChI is InChI=1S/C14H20N2O/c1-10-8-13(9-14(16-10)11-2-3-11)17-12-4-6-15-7-5-12/h8-9,11-12,15H,2-7H2,1H3. The van der Waals surface area contributed by atoms with Crippen LogP contribution in [0.3, 0.4) is 0 Å². The molecule has 3 rings (SSSR count). The maximum Gasteiger partial charge on any atom is 0.123 e. The number of hydrogen-bond acceptors (Lipinski definition) is 3. The zero-order chi connectivity index (χ0) is 11.7. The van der Waals surface area contributed by atoms with E-state index in [0.29, 0.717) is 12.0 Å². The van der Waals surface area contributed by atoms with E-state index in [9.17, 15) is 0 Å². The van der Waals surface area contributed by atoms with Crippen LogP contribution in [-0.2, 0) is 0 Å². The van der Waals surface area contributed by atoms with E-state index < -0.39 is 0 Å². The zero-order valence-corrected chi connectivity index (χ0v) is 10.4. The van der Waals surface area contributed by atoms with Gasteiger partial charge in [-0.25, -0.2) is 0 Å². The smallest absolute Gasteiger partial charge is 0.123 e. The molecule has 3 heteroatoms. The van der Waals surface area contributed by atoms with Gasteiger partial charge in [-0.15, -0.1) is 0 Å². The highest BCUT2D eigenvalue weighted by atomic mass is 16.5. The lowest BCUT2D eigenvalue weighted by Crippen LogP contribution is -2.34. The average Bonchev–Trinajstić information content (AvgIpc) is 3.13. The molecule has 2 aliphatic rings. The second-order valence-corrected chi connectivity index (χ2v) is 5.21. The Bertz CT molecular complexity index is 395. The largest absolute Gasteiger partial charge is 0.490 e. The molecule has 0 atom stereocenters. The summed E-state index contributed by atoms with van der Waals surface area (Å²) in [4.78, 5) is 4.60. The molecule has 0 spiro atoms. The lowest BCUT2D eigenvalue weighted by Gasteiger charge is -2.24. The van der Waals surface area contributed by atoms with Gasteiger partial charge in [0, 0.05) is 29.4 Å². The Morgan fingerprint density at radius 2 is 1.94 bits per heavy atom. The van der Waals surface area contributed by atoms with Crippen LogP contribution in [0.5, 0.6) is 5.75 Å². The van der Waals surface area contributed by atoms with Crippen molar-refractivity contribution in [1.82, 2.24) is 10.3 Å². The fourth-order valence-electron chi connectivity index (χ4n) is 2.42. The summed E-state index contributed by atoms with van der Waals surface area (Å²) in [6.07, 6.45) is 5.19. The third-order valence-corrected chi connectivity index (χ3v) is 3.53. The Labute approximate surface area is 103 Å². The van der Waals surface area contributed by atoms with Gasteiger partial charge in [-0.3, -0.25) is 4.98 Å². The van der Waals surface area contributed by atoms with Gasteiger partial charge in [-0.05, 0) is 45.7 Å². The molecule has 1 saturated heterocycles. The minimum Gasteiger partial charge on any atom is -0.490 e. The molecule has 3 nitrogen and oxygen atoms in total. The Morgan fingerprint density at radius 1 is 1.18 bits per heavy atom. The number of ether oxygens (including phenoxy) is 1. The maximum absolute atomic E-state index is 6.07. The summed E-state index contributed by atoms with van der Waals surface area (Å²) >= 11 is 0. The van der Waals surface area contributed by atoms with E-state index >= 15 is 0 Å². The summed E-state index contributed by atoms with van der Waals surface area (Å²) in [7, 11) is 0. The van der Waals surface area contributed by atoms with Crippen molar-refractivity contribution in [3.05, 3.63) is 23.5 Å². The lowest BCUT2D eigenvalue weighted by atomic mass is 10.1. The summed E-state index contributed by atoms with van der Waals surface area (Å²) < 4.78 is 6.07. The van der Waals surface area contributed by atoms with Crippen molar-refractivity contribution in [2.24, 2.45) is 0 Å². The molecule has 2 heterocycles. The van der Waals surface area contributed by atoms with E-state index in [1.807, 2.05) is 0 Å². The van der Waals surface area contributed by atoms with Gasteiger partial charge in [-0.1, -0.05) is 0 Å². The predicted molar refractivity (Wildman–Crippen MR) is 67.5 cm³/mol. The molecular formula is C14H20N2O. The van der Waals surface area contributed by atoms with E-state index in [-0.39, 0.29) is 0 Å². The van der Waals surface area contributed by atoms with Gasteiger partial charge < -0.3 is 10.1 Å². The molecule has 0 unspecified atom stereocenters. The van der Waals surface area contributed by atoms with Crippen LogP contribution in [0.25, 0.3) is 0 Å². The molecule has 0 aromatic carbocycles. The highest BCUT2D eigenvalue weighted by Gasteiger charge is 2.26. The molecule has 0 radical (unpaired) electrons. The van der Waals surface area contributed by atoms with Crippen molar-refractivity contribution in [3.63, 3.8) is 0 Å². The molecule has 17 heavy (non-hydrogen) atoms. The molecule has 1 N–H and O–H groups in total. The topological polar surface area (TPSA) is 34.1 Å². The molecular weight excluding hydrogens is 212 g/mol. The number of hydrogen-bond donors (Lipinski definition) is 1. The van der Waals surface area contributed by atoms with Crippen molar-refractivity contribution < 1.29 is 4.74 Å². The molecule has 1 aromatic heterocycles. The summed E-state index contributed by atoms with van der Waals surface area (Å²) in [5.41, 5.74) is 2.31. The third kappa shape index (κ3) is 2.78.